The Kier molecular flexibility index (Phi) is 5.05. The van der Waals surface area contributed by atoms with Gasteiger partial charge >= 0.3 is 0 Å². The fraction of sp³-hybridized carbons (Fsp3) is 0.176. The van der Waals surface area contributed by atoms with E-state index in [-0.39, 0.29) is 6.61 Å². The maximum atomic E-state index is 9.04. The zero-order valence-electron chi connectivity index (χ0n) is 12.3. The molecular weight excluding hydrogens is 360 g/mol. The summed E-state index contributed by atoms with van der Waals surface area (Å²) in [4.78, 5) is 8.50. The van der Waals surface area contributed by atoms with Gasteiger partial charge in [0, 0.05) is 15.9 Å². The first kappa shape index (κ1) is 15.7. The maximum absolute atomic E-state index is 9.04. The summed E-state index contributed by atoms with van der Waals surface area (Å²) < 4.78 is 12.2. The van der Waals surface area contributed by atoms with Crippen LogP contribution in [0.3, 0.4) is 0 Å². The second-order valence-corrected chi connectivity index (χ2v) is 5.75. The first-order valence-electron chi connectivity index (χ1n) is 7.12. The van der Waals surface area contributed by atoms with Gasteiger partial charge in [-0.25, -0.2) is 4.98 Å². The lowest BCUT2D eigenvalue weighted by atomic mass is 10.2. The van der Waals surface area contributed by atoms with Crippen LogP contribution in [0.2, 0.25) is 0 Å². The molecule has 0 aliphatic rings. The van der Waals surface area contributed by atoms with Crippen molar-refractivity contribution in [2.24, 2.45) is 0 Å². The van der Waals surface area contributed by atoms with E-state index in [1.807, 2.05) is 24.3 Å². The number of hydrogen-bond acceptors (Lipinski definition) is 5. The van der Waals surface area contributed by atoms with Crippen molar-refractivity contribution in [3.8, 4) is 11.6 Å². The van der Waals surface area contributed by atoms with Gasteiger partial charge in [-0.15, -0.1) is 0 Å². The van der Waals surface area contributed by atoms with Crippen LogP contribution in [0.1, 0.15) is 5.69 Å². The number of aliphatic hydroxyl groups excluding tert-OH is 1. The van der Waals surface area contributed by atoms with Crippen molar-refractivity contribution in [3.05, 3.63) is 58.8 Å². The minimum absolute atomic E-state index is 0.105. The van der Waals surface area contributed by atoms with Crippen molar-refractivity contribution in [2.75, 3.05) is 13.2 Å². The Bertz CT molecular complexity index is 811. The molecule has 6 heteroatoms. The first-order chi connectivity index (χ1) is 11.2. The van der Waals surface area contributed by atoms with Crippen molar-refractivity contribution < 1.29 is 14.6 Å². The molecule has 2 aromatic heterocycles. The molecule has 0 saturated carbocycles. The summed E-state index contributed by atoms with van der Waals surface area (Å²) >= 11 is 3.45. The zero-order valence-corrected chi connectivity index (χ0v) is 13.9. The third kappa shape index (κ3) is 4.18. The van der Waals surface area contributed by atoms with Gasteiger partial charge < -0.3 is 14.6 Å². The molecule has 0 spiro atoms. The van der Waals surface area contributed by atoms with Crippen molar-refractivity contribution in [1.29, 1.82) is 0 Å². The summed E-state index contributed by atoms with van der Waals surface area (Å²) in [5.41, 5.74) is 1.49. The summed E-state index contributed by atoms with van der Waals surface area (Å²) in [6, 6.07) is 13.1. The number of pyridine rings is 2. The highest BCUT2D eigenvalue weighted by molar-refractivity contribution is 9.10. The fourth-order valence-corrected chi connectivity index (χ4v) is 2.47. The first-order valence-corrected chi connectivity index (χ1v) is 7.91. The van der Waals surface area contributed by atoms with E-state index in [4.69, 9.17) is 14.6 Å². The number of hydrogen-bond donors (Lipinski definition) is 1. The average molecular weight is 375 g/mol. The Balaban J connectivity index is 1.56. The predicted molar refractivity (Wildman–Crippen MR) is 90.6 cm³/mol. The van der Waals surface area contributed by atoms with Crippen LogP contribution in [0, 0.1) is 0 Å². The largest absolute Gasteiger partial charge is 0.488 e. The van der Waals surface area contributed by atoms with Gasteiger partial charge in [0.15, 0.2) is 0 Å². The Morgan fingerprint density at radius 2 is 1.91 bits per heavy atom. The lowest BCUT2D eigenvalue weighted by molar-refractivity contribution is 0.209. The number of ether oxygens (including phenoxy) is 2. The van der Waals surface area contributed by atoms with Crippen LogP contribution in [0.5, 0.6) is 11.6 Å². The molecule has 0 saturated heterocycles. The number of nitrogens with zero attached hydrogens (tertiary/aromatic N) is 2. The van der Waals surface area contributed by atoms with Crippen LogP contribution in [-0.4, -0.2) is 28.3 Å². The van der Waals surface area contributed by atoms with Gasteiger partial charge in [0.25, 0.3) is 0 Å². The maximum Gasteiger partial charge on any atom is 0.213 e. The molecule has 23 heavy (non-hydrogen) atoms. The van der Waals surface area contributed by atoms with E-state index >= 15 is 0 Å². The third-order valence-corrected chi connectivity index (χ3v) is 3.66. The molecule has 0 aliphatic carbocycles. The highest BCUT2D eigenvalue weighted by Crippen LogP contribution is 2.22. The highest BCUT2D eigenvalue weighted by Gasteiger charge is 2.01. The lowest BCUT2D eigenvalue weighted by Crippen LogP contribution is -2.10. The molecule has 1 aromatic carbocycles. The van der Waals surface area contributed by atoms with E-state index in [2.05, 4.69) is 25.9 Å². The molecule has 5 nitrogen and oxygen atoms in total. The van der Waals surface area contributed by atoms with E-state index in [0.29, 0.717) is 30.5 Å². The SMILES string of the molecule is OCc1cccc(OCCOc2cnc3ccc(Br)cc3c2)n1. The number of halogens is 1. The molecule has 0 fully saturated rings. The van der Waals surface area contributed by atoms with Crippen molar-refractivity contribution in [1.82, 2.24) is 9.97 Å². The van der Waals surface area contributed by atoms with E-state index < -0.39 is 0 Å². The van der Waals surface area contributed by atoms with Crippen LogP contribution in [0.4, 0.5) is 0 Å². The van der Waals surface area contributed by atoms with E-state index in [1.54, 1.807) is 24.4 Å². The molecule has 0 atom stereocenters. The summed E-state index contributed by atoms with van der Waals surface area (Å²) in [6.45, 7) is 0.636. The van der Waals surface area contributed by atoms with E-state index in [0.717, 1.165) is 15.4 Å². The van der Waals surface area contributed by atoms with Crippen LogP contribution >= 0.6 is 15.9 Å². The van der Waals surface area contributed by atoms with Gasteiger partial charge in [-0.3, -0.25) is 4.98 Å². The molecule has 0 unspecified atom stereocenters. The molecule has 0 radical (unpaired) electrons. The molecule has 3 aromatic rings. The van der Waals surface area contributed by atoms with Gasteiger partial charge in [0.2, 0.25) is 5.88 Å². The number of aromatic nitrogens is 2. The second kappa shape index (κ2) is 7.39. The van der Waals surface area contributed by atoms with Crippen molar-refractivity contribution >= 4 is 26.8 Å². The van der Waals surface area contributed by atoms with Crippen LogP contribution < -0.4 is 9.47 Å². The molecule has 0 aliphatic heterocycles. The quantitative estimate of drug-likeness (QED) is 0.670. The van der Waals surface area contributed by atoms with Gasteiger partial charge in [0.05, 0.1) is 24.0 Å². The third-order valence-electron chi connectivity index (χ3n) is 3.16. The normalized spacial score (nSPS) is 10.7. The molecule has 0 amide bonds. The standard InChI is InChI=1S/C17H15BrN2O3/c18-13-4-5-16-12(8-13)9-15(10-19-16)22-6-7-23-17-3-1-2-14(11-21)20-17/h1-5,8-10,21H,6-7,11H2. The molecular formula is C17H15BrN2O3. The summed E-state index contributed by atoms with van der Waals surface area (Å²) in [5.74, 6) is 1.16. The zero-order chi connectivity index (χ0) is 16.1. The van der Waals surface area contributed by atoms with E-state index in [9.17, 15) is 0 Å². The molecule has 3 rings (SSSR count). The number of aliphatic hydroxyl groups is 1. The fourth-order valence-electron chi connectivity index (χ4n) is 2.09. The number of benzene rings is 1. The van der Waals surface area contributed by atoms with Crippen LogP contribution in [0.25, 0.3) is 10.9 Å². The van der Waals surface area contributed by atoms with Gasteiger partial charge in [-0.1, -0.05) is 22.0 Å². The summed E-state index contributed by atoms with van der Waals surface area (Å²) in [6.07, 6.45) is 1.70. The Morgan fingerprint density at radius 1 is 1.04 bits per heavy atom. The monoisotopic (exact) mass is 374 g/mol. The molecule has 1 N–H and O–H groups in total. The molecule has 2 heterocycles. The molecule has 118 valence electrons. The minimum Gasteiger partial charge on any atom is -0.488 e. The lowest BCUT2D eigenvalue weighted by Gasteiger charge is -2.09. The smallest absolute Gasteiger partial charge is 0.213 e. The van der Waals surface area contributed by atoms with E-state index in [1.165, 1.54) is 0 Å². The number of fused-ring (bicyclic) bond motifs is 1. The van der Waals surface area contributed by atoms with Gasteiger partial charge in [-0.2, -0.15) is 0 Å². The minimum atomic E-state index is -0.105. The van der Waals surface area contributed by atoms with Crippen LogP contribution in [0.15, 0.2) is 53.1 Å². The van der Waals surface area contributed by atoms with Gasteiger partial charge in [0.1, 0.15) is 19.0 Å². The van der Waals surface area contributed by atoms with Gasteiger partial charge in [-0.05, 0) is 30.3 Å². The molecule has 0 bridgehead atoms. The Hall–Kier alpha value is -2.18. The summed E-state index contributed by atoms with van der Waals surface area (Å²) in [7, 11) is 0. The second-order valence-electron chi connectivity index (χ2n) is 4.83. The predicted octanol–water partition coefficient (Wildman–Crippen LogP) is 3.34. The Labute approximate surface area is 142 Å². The topological polar surface area (TPSA) is 64.5 Å². The van der Waals surface area contributed by atoms with Crippen molar-refractivity contribution in [2.45, 2.75) is 6.61 Å². The highest BCUT2D eigenvalue weighted by atomic mass is 79.9. The van der Waals surface area contributed by atoms with Crippen molar-refractivity contribution in [3.63, 3.8) is 0 Å². The average Bonchev–Trinajstić information content (AvgIpc) is 2.58. The summed E-state index contributed by atoms with van der Waals surface area (Å²) in [5, 5.41) is 10.0. The Morgan fingerprint density at radius 3 is 2.78 bits per heavy atom. The number of rotatable bonds is 6. The van der Waals surface area contributed by atoms with Crippen LogP contribution in [-0.2, 0) is 6.61 Å².